The molecule has 5 heteroatoms. The number of nitrogens with two attached hydrogens (primary N) is 1. The summed E-state index contributed by atoms with van der Waals surface area (Å²) in [5.41, 5.74) is 7.14. The third-order valence-electron chi connectivity index (χ3n) is 1.50. The van der Waals surface area contributed by atoms with Crippen LogP contribution in [0.4, 0.5) is 5.69 Å². The molecule has 5 nitrogen and oxygen atoms in total. The van der Waals surface area contributed by atoms with Gasteiger partial charge < -0.3 is 15.9 Å². The number of anilines is 1. The van der Waals surface area contributed by atoms with Crippen molar-refractivity contribution < 1.29 is 15.0 Å². The Bertz CT molecular complexity index is 326. The van der Waals surface area contributed by atoms with Gasteiger partial charge in [0.15, 0.2) is 0 Å². The Kier molecular flexibility index (Phi) is 6.57. The Morgan fingerprint density at radius 1 is 1.67 bits per heavy atom. The molecular formula is C10H14N2O3. The number of pyridine rings is 1. The minimum atomic E-state index is -0.981. The first-order valence-corrected chi connectivity index (χ1v) is 4.26. The van der Waals surface area contributed by atoms with E-state index in [2.05, 4.69) is 11.6 Å². The number of hydrogen-bond donors (Lipinski definition) is 3. The van der Waals surface area contributed by atoms with E-state index < -0.39 is 5.97 Å². The van der Waals surface area contributed by atoms with E-state index in [0.717, 1.165) is 11.6 Å². The van der Waals surface area contributed by atoms with Crippen LogP contribution in [-0.4, -0.2) is 27.8 Å². The third kappa shape index (κ3) is 6.23. The van der Waals surface area contributed by atoms with Gasteiger partial charge in [-0.3, -0.25) is 4.98 Å². The van der Waals surface area contributed by atoms with Crippen molar-refractivity contribution in [3.8, 4) is 0 Å². The van der Waals surface area contributed by atoms with E-state index in [4.69, 9.17) is 15.9 Å². The van der Waals surface area contributed by atoms with Gasteiger partial charge in [0.2, 0.25) is 0 Å². The molecule has 1 aromatic heterocycles. The van der Waals surface area contributed by atoms with Crippen molar-refractivity contribution in [3.63, 3.8) is 0 Å². The number of nitrogens with zero attached hydrogens (tertiary/aromatic N) is 1. The summed E-state index contributed by atoms with van der Waals surface area (Å²) in [5, 5.41) is 16.2. The Hall–Kier alpha value is -1.88. The minimum Gasteiger partial charge on any atom is -0.478 e. The Morgan fingerprint density at radius 2 is 2.27 bits per heavy atom. The number of aliphatic hydroxyl groups excluding tert-OH is 1. The number of aliphatic carboxylic acids is 1. The van der Waals surface area contributed by atoms with Crippen molar-refractivity contribution in [1.82, 2.24) is 4.98 Å². The smallest absolute Gasteiger partial charge is 0.327 e. The maximum Gasteiger partial charge on any atom is 0.327 e. The SMILES string of the molecule is C=CC(=O)O.Nc1cnccc1CCO. The van der Waals surface area contributed by atoms with Crippen LogP contribution in [0.25, 0.3) is 0 Å². The van der Waals surface area contributed by atoms with Crippen molar-refractivity contribution in [2.24, 2.45) is 0 Å². The predicted molar refractivity (Wildman–Crippen MR) is 57.3 cm³/mol. The summed E-state index contributed by atoms with van der Waals surface area (Å²) in [7, 11) is 0. The zero-order valence-electron chi connectivity index (χ0n) is 8.26. The van der Waals surface area contributed by atoms with Crippen molar-refractivity contribution in [2.75, 3.05) is 12.3 Å². The van der Waals surface area contributed by atoms with Crippen LogP contribution in [0.3, 0.4) is 0 Å². The second kappa shape index (κ2) is 7.52. The van der Waals surface area contributed by atoms with E-state index in [0.29, 0.717) is 12.1 Å². The van der Waals surface area contributed by atoms with Crippen LogP contribution < -0.4 is 5.73 Å². The average Bonchev–Trinajstić information content (AvgIpc) is 2.23. The number of carboxylic acids is 1. The molecule has 0 spiro atoms. The lowest BCUT2D eigenvalue weighted by molar-refractivity contribution is -0.131. The largest absolute Gasteiger partial charge is 0.478 e. The molecule has 0 saturated carbocycles. The molecule has 0 aliphatic carbocycles. The van der Waals surface area contributed by atoms with Crippen molar-refractivity contribution in [3.05, 3.63) is 36.7 Å². The van der Waals surface area contributed by atoms with Gasteiger partial charge >= 0.3 is 5.97 Å². The van der Waals surface area contributed by atoms with Gasteiger partial charge in [-0.05, 0) is 18.1 Å². The minimum absolute atomic E-state index is 0.133. The lowest BCUT2D eigenvalue weighted by atomic mass is 10.2. The predicted octanol–water partition coefficient (Wildman–Crippen LogP) is 0.456. The number of carboxylic acid groups (broad SMARTS) is 1. The van der Waals surface area contributed by atoms with E-state index >= 15 is 0 Å². The van der Waals surface area contributed by atoms with E-state index in [1.165, 1.54) is 0 Å². The van der Waals surface area contributed by atoms with E-state index in [-0.39, 0.29) is 6.61 Å². The highest BCUT2D eigenvalue weighted by Crippen LogP contribution is 2.07. The molecule has 0 atom stereocenters. The van der Waals surface area contributed by atoms with Gasteiger partial charge in [-0.25, -0.2) is 4.79 Å². The first-order valence-electron chi connectivity index (χ1n) is 4.26. The molecule has 15 heavy (non-hydrogen) atoms. The summed E-state index contributed by atoms with van der Waals surface area (Å²) in [6.07, 6.45) is 4.70. The molecule has 0 fully saturated rings. The van der Waals surface area contributed by atoms with Crippen LogP contribution in [0.15, 0.2) is 31.1 Å². The molecule has 0 aromatic carbocycles. The molecule has 0 radical (unpaired) electrons. The molecule has 82 valence electrons. The molecule has 4 N–H and O–H groups in total. The zero-order valence-corrected chi connectivity index (χ0v) is 8.26. The van der Waals surface area contributed by atoms with Crippen molar-refractivity contribution in [1.29, 1.82) is 0 Å². The lowest BCUT2D eigenvalue weighted by Gasteiger charge is -1.99. The molecular weight excluding hydrogens is 196 g/mol. The molecule has 0 aliphatic rings. The Morgan fingerprint density at radius 3 is 2.67 bits per heavy atom. The number of carbonyl (C=O) groups is 1. The maximum absolute atomic E-state index is 9.25. The van der Waals surface area contributed by atoms with Crippen LogP contribution in [0.5, 0.6) is 0 Å². The number of hydrogen-bond acceptors (Lipinski definition) is 4. The van der Waals surface area contributed by atoms with Gasteiger partial charge in [0.05, 0.1) is 11.9 Å². The fraction of sp³-hybridized carbons (Fsp3) is 0.200. The number of aromatic nitrogens is 1. The average molecular weight is 210 g/mol. The fourth-order valence-electron chi connectivity index (χ4n) is 0.784. The van der Waals surface area contributed by atoms with Crippen LogP contribution in [0.1, 0.15) is 5.56 Å². The Labute approximate surface area is 87.9 Å². The lowest BCUT2D eigenvalue weighted by Crippen LogP contribution is -1.97. The normalized spacial score (nSPS) is 8.60. The van der Waals surface area contributed by atoms with Gasteiger partial charge in [0, 0.05) is 18.9 Å². The highest BCUT2D eigenvalue weighted by atomic mass is 16.4. The maximum atomic E-state index is 9.25. The van der Waals surface area contributed by atoms with Crippen LogP contribution in [0, 0.1) is 0 Å². The Balaban J connectivity index is 0.000000336. The summed E-state index contributed by atoms with van der Waals surface area (Å²) < 4.78 is 0. The molecule has 0 unspecified atom stereocenters. The third-order valence-corrected chi connectivity index (χ3v) is 1.50. The summed E-state index contributed by atoms with van der Waals surface area (Å²) >= 11 is 0. The van der Waals surface area contributed by atoms with Crippen LogP contribution in [-0.2, 0) is 11.2 Å². The standard InChI is InChI=1S/C7H10N2O.C3H4O2/c8-7-5-9-3-1-6(7)2-4-10;1-2-3(4)5/h1,3,5,10H,2,4,8H2;2H,1H2,(H,4,5). The van der Waals surface area contributed by atoms with Gasteiger partial charge in [-0.2, -0.15) is 0 Å². The van der Waals surface area contributed by atoms with Crippen LogP contribution >= 0.6 is 0 Å². The highest BCUT2D eigenvalue weighted by molar-refractivity contribution is 5.78. The molecule has 0 aliphatic heterocycles. The molecule has 0 amide bonds. The van der Waals surface area contributed by atoms with E-state index in [9.17, 15) is 4.79 Å². The number of rotatable bonds is 3. The molecule has 0 bridgehead atoms. The first kappa shape index (κ1) is 13.1. The first-order chi connectivity index (χ1) is 7.11. The highest BCUT2D eigenvalue weighted by Gasteiger charge is 1.94. The zero-order chi connectivity index (χ0) is 11.7. The van der Waals surface area contributed by atoms with E-state index in [1.807, 2.05) is 6.07 Å². The molecule has 1 aromatic rings. The summed E-state index contributed by atoms with van der Waals surface area (Å²) in [4.78, 5) is 13.1. The van der Waals surface area contributed by atoms with Crippen LogP contribution in [0.2, 0.25) is 0 Å². The monoisotopic (exact) mass is 210 g/mol. The fourth-order valence-corrected chi connectivity index (χ4v) is 0.784. The topological polar surface area (TPSA) is 96.4 Å². The van der Waals surface area contributed by atoms with Gasteiger partial charge in [0.25, 0.3) is 0 Å². The quantitative estimate of drug-likeness (QED) is 0.629. The van der Waals surface area contributed by atoms with Gasteiger partial charge in [0.1, 0.15) is 0 Å². The van der Waals surface area contributed by atoms with E-state index in [1.54, 1.807) is 12.4 Å². The van der Waals surface area contributed by atoms with Gasteiger partial charge in [-0.15, -0.1) is 0 Å². The van der Waals surface area contributed by atoms with Gasteiger partial charge in [-0.1, -0.05) is 6.58 Å². The number of aliphatic hydroxyl groups is 1. The van der Waals surface area contributed by atoms with Crippen molar-refractivity contribution in [2.45, 2.75) is 6.42 Å². The van der Waals surface area contributed by atoms with Crippen molar-refractivity contribution >= 4 is 11.7 Å². The second-order valence-electron chi connectivity index (χ2n) is 2.59. The summed E-state index contributed by atoms with van der Waals surface area (Å²) in [5.74, 6) is -0.981. The molecule has 0 saturated heterocycles. The summed E-state index contributed by atoms with van der Waals surface area (Å²) in [6.45, 7) is 3.09. The number of nitrogen functional groups attached to an aromatic ring is 1. The second-order valence-corrected chi connectivity index (χ2v) is 2.59. The summed E-state index contributed by atoms with van der Waals surface area (Å²) in [6, 6.07) is 1.81. The molecule has 1 rings (SSSR count). The molecule has 1 heterocycles.